The first-order valence-corrected chi connectivity index (χ1v) is 9.46. The molecule has 0 spiro atoms. The van der Waals surface area contributed by atoms with Crippen LogP contribution in [0.5, 0.6) is 0 Å². The molecule has 2 aromatic rings. The summed E-state index contributed by atoms with van der Waals surface area (Å²) in [6.07, 6.45) is 0.173. The highest BCUT2D eigenvalue weighted by molar-refractivity contribution is 7.89. The molecule has 2 rings (SSSR count). The number of aromatic nitrogens is 2. The Kier molecular flexibility index (Phi) is 5.87. The van der Waals surface area contributed by atoms with Gasteiger partial charge >= 0.3 is 0 Å². The Hall–Kier alpha value is -1.90. The fraction of sp³-hybridized carbons (Fsp3) is 0.375. The van der Waals surface area contributed by atoms with E-state index in [9.17, 15) is 13.2 Å². The summed E-state index contributed by atoms with van der Waals surface area (Å²) >= 11 is 5.81. The van der Waals surface area contributed by atoms with Gasteiger partial charge in [-0.15, -0.1) is 0 Å². The quantitative estimate of drug-likeness (QED) is 0.828. The number of hydrogen-bond donors (Lipinski definition) is 1. The summed E-state index contributed by atoms with van der Waals surface area (Å²) in [5.41, 5.74) is 1.59. The van der Waals surface area contributed by atoms with Crippen molar-refractivity contribution in [1.29, 1.82) is 0 Å². The number of sulfonamides is 1. The summed E-state index contributed by atoms with van der Waals surface area (Å²) in [4.78, 5) is 12.3. The molecule has 1 aromatic heterocycles. The summed E-state index contributed by atoms with van der Waals surface area (Å²) in [5, 5.41) is 7.62. The predicted octanol–water partition coefficient (Wildman–Crippen LogP) is 2.43. The molecule has 0 aliphatic rings. The van der Waals surface area contributed by atoms with E-state index in [1.807, 2.05) is 0 Å². The van der Waals surface area contributed by atoms with Gasteiger partial charge in [-0.25, -0.2) is 12.7 Å². The van der Waals surface area contributed by atoms with E-state index >= 15 is 0 Å². The van der Waals surface area contributed by atoms with Crippen LogP contribution < -0.4 is 5.32 Å². The van der Waals surface area contributed by atoms with Crippen LogP contribution in [0.1, 0.15) is 17.8 Å². The van der Waals surface area contributed by atoms with Crippen molar-refractivity contribution in [3.8, 4) is 0 Å². The molecule has 1 amide bonds. The van der Waals surface area contributed by atoms with Crippen molar-refractivity contribution < 1.29 is 13.2 Å². The van der Waals surface area contributed by atoms with E-state index in [-0.39, 0.29) is 23.8 Å². The molecule has 0 saturated heterocycles. The second-order valence-corrected chi connectivity index (χ2v) is 8.34. The number of carbonyl (C=O) groups excluding carboxylic acids is 1. The zero-order valence-corrected chi connectivity index (χ0v) is 16.1. The first kappa shape index (κ1) is 19.4. The highest BCUT2D eigenvalue weighted by Gasteiger charge is 2.26. The van der Waals surface area contributed by atoms with Gasteiger partial charge in [0.15, 0.2) is 0 Å². The number of hydrogen-bond acceptors (Lipinski definition) is 4. The predicted molar refractivity (Wildman–Crippen MR) is 97.3 cm³/mol. The largest absolute Gasteiger partial charge is 0.326 e. The second kappa shape index (κ2) is 7.55. The molecule has 0 bridgehead atoms. The minimum atomic E-state index is -3.57. The molecule has 1 N–H and O–H groups in total. The summed E-state index contributed by atoms with van der Waals surface area (Å²) in [6, 6.07) is 6.81. The fourth-order valence-electron chi connectivity index (χ4n) is 2.42. The molecule has 0 fully saturated rings. The van der Waals surface area contributed by atoms with Gasteiger partial charge in [0.1, 0.15) is 4.90 Å². The minimum absolute atomic E-state index is 0.173. The third-order valence-corrected chi connectivity index (χ3v) is 6.05. The van der Waals surface area contributed by atoms with E-state index in [1.54, 1.807) is 42.8 Å². The summed E-state index contributed by atoms with van der Waals surface area (Å²) in [6.45, 7) is 3.62. The molecule has 9 heteroatoms. The van der Waals surface area contributed by atoms with Gasteiger partial charge in [-0.3, -0.25) is 9.48 Å². The molecule has 0 saturated carbocycles. The summed E-state index contributed by atoms with van der Waals surface area (Å²) in [7, 11) is -0.617. The summed E-state index contributed by atoms with van der Waals surface area (Å²) in [5.74, 6) is -0.188. The molecular formula is C16H21ClN4O3S. The SMILES string of the molecule is Cc1nn(CCC(=O)Nc2ccc(Cl)cc2)c(C)c1S(=O)(=O)N(C)C. The standard InChI is InChI=1S/C16H21ClN4O3S/c1-11-16(25(23,24)20(3)4)12(2)21(19-11)10-9-15(22)18-14-7-5-13(17)6-8-14/h5-8H,9-10H2,1-4H3,(H,18,22). The Labute approximate surface area is 152 Å². The normalized spacial score (nSPS) is 11.8. The van der Waals surface area contributed by atoms with Gasteiger partial charge in [-0.2, -0.15) is 5.10 Å². The first-order chi connectivity index (χ1) is 11.6. The fourth-order valence-corrected chi connectivity index (χ4v) is 3.80. The number of anilines is 1. The Morgan fingerprint density at radius 2 is 1.84 bits per heavy atom. The number of carbonyl (C=O) groups is 1. The number of amides is 1. The van der Waals surface area contributed by atoms with Gasteiger partial charge < -0.3 is 5.32 Å². The van der Waals surface area contributed by atoms with E-state index in [0.717, 1.165) is 4.31 Å². The smallest absolute Gasteiger partial charge is 0.246 e. The Morgan fingerprint density at radius 1 is 1.24 bits per heavy atom. The van der Waals surface area contributed by atoms with Crippen LogP contribution in [0.25, 0.3) is 0 Å². The van der Waals surface area contributed by atoms with Crippen LogP contribution in [0.3, 0.4) is 0 Å². The zero-order valence-electron chi connectivity index (χ0n) is 14.6. The van der Waals surface area contributed by atoms with Crippen molar-refractivity contribution >= 4 is 33.2 Å². The van der Waals surface area contributed by atoms with E-state index in [4.69, 9.17) is 11.6 Å². The molecule has 1 heterocycles. The lowest BCUT2D eigenvalue weighted by Gasteiger charge is -2.11. The molecule has 0 radical (unpaired) electrons. The van der Waals surface area contributed by atoms with Crippen molar-refractivity contribution in [2.24, 2.45) is 0 Å². The Balaban J connectivity index is 2.09. The maximum Gasteiger partial charge on any atom is 0.246 e. The van der Waals surface area contributed by atoms with Gasteiger partial charge in [0, 0.05) is 31.2 Å². The van der Waals surface area contributed by atoms with Crippen LogP contribution in [-0.2, 0) is 21.4 Å². The molecule has 0 unspecified atom stereocenters. The van der Waals surface area contributed by atoms with Gasteiger partial charge in [0.25, 0.3) is 0 Å². The number of aryl methyl sites for hydroxylation is 2. The number of nitrogens with zero attached hydrogens (tertiary/aromatic N) is 3. The number of rotatable bonds is 6. The van der Waals surface area contributed by atoms with Gasteiger partial charge in [0.05, 0.1) is 17.9 Å². The lowest BCUT2D eigenvalue weighted by Crippen LogP contribution is -2.23. The molecule has 0 aliphatic carbocycles. The van der Waals surface area contributed by atoms with Crippen molar-refractivity contribution in [2.45, 2.75) is 31.7 Å². The topological polar surface area (TPSA) is 84.3 Å². The molecule has 7 nitrogen and oxygen atoms in total. The van der Waals surface area contributed by atoms with Crippen molar-refractivity contribution in [1.82, 2.24) is 14.1 Å². The number of nitrogens with one attached hydrogen (secondary N) is 1. The molecule has 25 heavy (non-hydrogen) atoms. The van der Waals surface area contributed by atoms with Crippen LogP contribution in [-0.4, -0.2) is 42.5 Å². The lowest BCUT2D eigenvalue weighted by atomic mass is 10.3. The molecule has 136 valence electrons. The zero-order chi connectivity index (χ0) is 18.8. The molecule has 1 aromatic carbocycles. The maximum atomic E-state index is 12.4. The highest BCUT2D eigenvalue weighted by Crippen LogP contribution is 2.22. The van der Waals surface area contributed by atoms with Crippen molar-refractivity contribution in [2.75, 3.05) is 19.4 Å². The average Bonchev–Trinajstić information content (AvgIpc) is 2.82. The van der Waals surface area contributed by atoms with Gasteiger partial charge in [-0.1, -0.05) is 11.6 Å². The van der Waals surface area contributed by atoms with Crippen LogP contribution in [0.2, 0.25) is 5.02 Å². The third-order valence-electron chi connectivity index (χ3n) is 3.73. The van der Waals surface area contributed by atoms with E-state index < -0.39 is 10.0 Å². The lowest BCUT2D eigenvalue weighted by molar-refractivity contribution is -0.116. The van der Waals surface area contributed by atoms with E-state index in [2.05, 4.69) is 10.4 Å². The van der Waals surface area contributed by atoms with E-state index in [1.165, 1.54) is 14.1 Å². The number of halogens is 1. The van der Waals surface area contributed by atoms with Gasteiger partial charge in [0.2, 0.25) is 15.9 Å². The minimum Gasteiger partial charge on any atom is -0.326 e. The highest BCUT2D eigenvalue weighted by atomic mass is 35.5. The van der Waals surface area contributed by atoms with Crippen molar-refractivity contribution in [3.63, 3.8) is 0 Å². The number of benzene rings is 1. The average molecular weight is 385 g/mol. The van der Waals surface area contributed by atoms with E-state index in [0.29, 0.717) is 22.1 Å². The van der Waals surface area contributed by atoms with Crippen LogP contribution in [0.4, 0.5) is 5.69 Å². The molecular weight excluding hydrogens is 364 g/mol. The Bertz CT molecular complexity index is 874. The first-order valence-electron chi connectivity index (χ1n) is 7.65. The monoisotopic (exact) mass is 384 g/mol. The van der Waals surface area contributed by atoms with Gasteiger partial charge in [-0.05, 0) is 38.1 Å². The van der Waals surface area contributed by atoms with Crippen LogP contribution in [0.15, 0.2) is 29.2 Å². The Morgan fingerprint density at radius 3 is 2.40 bits per heavy atom. The third kappa shape index (κ3) is 4.39. The molecule has 0 aliphatic heterocycles. The van der Waals surface area contributed by atoms with Crippen molar-refractivity contribution in [3.05, 3.63) is 40.7 Å². The van der Waals surface area contributed by atoms with Crippen LogP contribution >= 0.6 is 11.6 Å². The van der Waals surface area contributed by atoms with Crippen LogP contribution in [0, 0.1) is 13.8 Å². The summed E-state index contributed by atoms with van der Waals surface area (Å²) < 4.78 is 27.5. The second-order valence-electron chi connectivity index (χ2n) is 5.82. The maximum absolute atomic E-state index is 12.4. The molecule has 0 atom stereocenters.